The Morgan fingerprint density at radius 3 is 2.61 bits per heavy atom. The van der Waals surface area contributed by atoms with Crippen LogP contribution in [-0.4, -0.2) is 6.04 Å². The van der Waals surface area contributed by atoms with E-state index in [-0.39, 0.29) is 5.82 Å². The predicted octanol–water partition coefficient (Wildman–Crippen LogP) is 4.66. The largest absolute Gasteiger partial charge is 0.381 e. The molecule has 1 N–H and O–H groups in total. The molecule has 0 aliphatic heterocycles. The number of halogens is 1. The summed E-state index contributed by atoms with van der Waals surface area (Å²) < 4.78 is 13.3. The fraction of sp³-hybridized carbons (Fsp3) is 0.625. The van der Waals surface area contributed by atoms with Crippen molar-refractivity contribution >= 4 is 5.69 Å². The fourth-order valence-electron chi connectivity index (χ4n) is 3.71. The summed E-state index contributed by atoms with van der Waals surface area (Å²) in [6, 6.07) is 5.62. The predicted molar refractivity (Wildman–Crippen MR) is 73.3 cm³/mol. The number of rotatable bonds is 2. The number of anilines is 1. The van der Waals surface area contributed by atoms with Crippen LogP contribution in [0.25, 0.3) is 0 Å². The van der Waals surface area contributed by atoms with Crippen LogP contribution in [0.1, 0.15) is 50.5 Å². The molecule has 0 radical (unpaired) electrons. The smallest absolute Gasteiger partial charge is 0.125 e. The summed E-state index contributed by atoms with van der Waals surface area (Å²) in [4.78, 5) is 0. The number of hydrogen-bond donors (Lipinski definition) is 1. The Balaban J connectivity index is 1.74. The summed E-state index contributed by atoms with van der Waals surface area (Å²) in [6.45, 7) is 2.05. The minimum absolute atomic E-state index is 0.139. The Hall–Kier alpha value is -1.05. The van der Waals surface area contributed by atoms with Crippen molar-refractivity contribution in [1.29, 1.82) is 0 Å². The SMILES string of the molecule is Cc1ccc(F)cc1NC1CCC12CCCCC2. The summed E-state index contributed by atoms with van der Waals surface area (Å²) in [5.41, 5.74) is 2.66. The van der Waals surface area contributed by atoms with Crippen molar-refractivity contribution < 1.29 is 4.39 Å². The molecule has 1 atom stereocenters. The molecule has 1 aromatic rings. The molecule has 1 unspecified atom stereocenters. The Morgan fingerprint density at radius 1 is 1.17 bits per heavy atom. The summed E-state index contributed by atoms with van der Waals surface area (Å²) in [6.07, 6.45) is 9.47. The van der Waals surface area contributed by atoms with Gasteiger partial charge in [-0.3, -0.25) is 0 Å². The van der Waals surface area contributed by atoms with Crippen molar-refractivity contribution in [1.82, 2.24) is 0 Å². The lowest BCUT2D eigenvalue weighted by Crippen LogP contribution is -2.50. The van der Waals surface area contributed by atoms with Gasteiger partial charge in [0.25, 0.3) is 0 Å². The van der Waals surface area contributed by atoms with Crippen LogP contribution >= 0.6 is 0 Å². The highest BCUT2D eigenvalue weighted by atomic mass is 19.1. The van der Waals surface area contributed by atoms with Crippen molar-refractivity contribution in [3.05, 3.63) is 29.6 Å². The highest BCUT2D eigenvalue weighted by Crippen LogP contribution is 2.52. The Morgan fingerprint density at radius 2 is 1.94 bits per heavy atom. The van der Waals surface area contributed by atoms with Gasteiger partial charge in [0.05, 0.1) is 0 Å². The van der Waals surface area contributed by atoms with Gasteiger partial charge in [-0.2, -0.15) is 0 Å². The van der Waals surface area contributed by atoms with E-state index in [9.17, 15) is 4.39 Å². The number of aryl methyl sites for hydroxylation is 1. The molecule has 0 heterocycles. The third-order valence-corrected chi connectivity index (χ3v) is 5.05. The zero-order chi connectivity index (χ0) is 12.6. The molecule has 98 valence electrons. The first-order valence-corrected chi connectivity index (χ1v) is 7.22. The van der Waals surface area contributed by atoms with Crippen molar-refractivity contribution in [3.63, 3.8) is 0 Å². The molecule has 18 heavy (non-hydrogen) atoms. The minimum atomic E-state index is -0.139. The monoisotopic (exact) mass is 247 g/mol. The van der Waals surface area contributed by atoms with Gasteiger partial charge in [-0.1, -0.05) is 25.3 Å². The lowest BCUT2D eigenvalue weighted by atomic mass is 9.57. The second-order valence-electron chi connectivity index (χ2n) is 6.12. The van der Waals surface area contributed by atoms with Gasteiger partial charge in [-0.25, -0.2) is 4.39 Å². The van der Waals surface area contributed by atoms with E-state index >= 15 is 0 Å². The second-order valence-corrected chi connectivity index (χ2v) is 6.12. The van der Waals surface area contributed by atoms with Gasteiger partial charge in [-0.15, -0.1) is 0 Å². The third kappa shape index (κ3) is 2.02. The lowest BCUT2D eigenvalue weighted by molar-refractivity contribution is 0.0571. The lowest BCUT2D eigenvalue weighted by Gasteiger charge is -2.53. The van der Waals surface area contributed by atoms with E-state index in [1.54, 1.807) is 6.07 Å². The molecular weight excluding hydrogens is 225 g/mol. The molecule has 0 saturated heterocycles. The average Bonchev–Trinajstić information content (AvgIpc) is 2.39. The normalized spacial score (nSPS) is 25.8. The van der Waals surface area contributed by atoms with Crippen LogP contribution in [0.5, 0.6) is 0 Å². The van der Waals surface area contributed by atoms with Crippen LogP contribution in [0.3, 0.4) is 0 Å². The first-order chi connectivity index (χ1) is 8.70. The van der Waals surface area contributed by atoms with E-state index in [1.807, 2.05) is 13.0 Å². The Kier molecular flexibility index (Phi) is 3.04. The van der Waals surface area contributed by atoms with Gasteiger partial charge in [0, 0.05) is 11.7 Å². The molecular formula is C16H22FN. The maximum Gasteiger partial charge on any atom is 0.125 e. The topological polar surface area (TPSA) is 12.0 Å². The molecule has 2 aliphatic carbocycles. The van der Waals surface area contributed by atoms with E-state index in [4.69, 9.17) is 0 Å². The molecule has 1 aromatic carbocycles. The maximum absolute atomic E-state index is 13.3. The quantitative estimate of drug-likeness (QED) is 0.801. The van der Waals surface area contributed by atoms with Crippen LogP contribution in [0.2, 0.25) is 0 Å². The highest BCUT2D eigenvalue weighted by molar-refractivity contribution is 5.52. The number of nitrogens with one attached hydrogen (secondary N) is 1. The Labute approximate surface area is 109 Å². The highest BCUT2D eigenvalue weighted by Gasteiger charge is 2.46. The molecule has 1 nitrogen and oxygen atoms in total. The standard InChI is InChI=1S/C16H22FN/c1-12-5-6-13(17)11-14(12)18-15-7-10-16(15)8-3-2-4-9-16/h5-6,11,15,18H,2-4,7-10H2,1H3. The van der Waals surface area contributed by atoms with Gasteiger partial charge < -0.3 is 5.32 Å². The van der Waals surface area contributed by atoms with Crippen LogP contribution < -0.4 is 5.32 Å². The first-order valence-electron chi connectivity index (χ1n) is 7.22. The van der Waals surface area contributed by atoms with Crippen molar-refractivity contribution in [2.45, 2.75) is 57.9 Å². The second kappa shape index (κ2) is 4.56. The summed E-state index contributed by atoms with van der Waals surface area (Å²) in [5.74, 6) is -0.139. The van der Waals surface area contributed by atoms with Crippen molar-refractivity contribution in [2.75, 3.05) is 5.32 Å². The van der Waals surface area contributed by atoms with Crippen molar-refractivity contribution in [3.8, 4) is 0 Å². The van der Waals surface area contributed by atoms with Gasteiger partial charge in [0.2, 0.25) is 0 Å². The first kappa shape index (κ1) is 12.0. The van der Waals surface area contributed by atoms with E-state index in [0.29, 0.717) is 11.5 Å². The van der Waals surface area contributed by atoms with Crippen LogP contribution in [0.4, 0.5) is 10.1 Å². The molecule has 2 fully saturated rings. The molecule has 2 heteroatoms. The van der Waals surface area contributed by atoms with Crippen LogP contribution in [0, 0.1) is 18.2 Å². The van der Waals surface area contributed by atoms with Crippen LogP contribution in [-0.2, 0) is 0 Å². The molecule has 2 aliphatic rings. The van der Waals surface area contributed by atoms with Crippen molar-refractivity contribution in [2.24, 2.45) is 5.41 Å². The van der Waals surface area contributed by atoms with E-state index < -0.39 is 0 Å². The molecule has 0 bridgehead atoms. The van der Waals surface area contributed by atoms with Crippen LogP contribution in [0.15, 0.2) is 18.2 Å². The number of benzene rings is 1. The third-order valence-electron chi connectivity index (χ3n) is 5.05. The molecule has 3 rings (SSSR count). The van der Waals surface area contributed by atoms with E-state index in [1.165, 1.54) is 51.0 Å². The van der Waals surface area contributed by atoms with Gasteiger partial charge in [0.15, 0.2) is 0 Å². The van der Waals surface area contributed by atoms with E-state index in [0.717, 1.165) is 11.3 Å². The molecule has 1 spiro atoms. The minimum Gasteiger partial charge on any atom is -0.381 e. The van der Waals surface area contributed by atoms with E-state index in [2.05, 4.69) is 5.32 Å². The zero-order valence-corrected chi connectivity index (χ0v) is 11.1. The molecule has 2 saturated carbocycles. The Bertz CT molecular complexity index is 435. The molecule has 0 aromatic heterocycles. The zero-order valence-electron chi connectivity index (χ0n) is 11.1. The van der Waals surface area contributed by atoms with Gasteiger partial charge in [0.1, 0.15) is 5.82 Å². The summed E-state index contributed by atoms with van der Waals surface area (Å²) in [5, 5.41) is 3.61. The number of hydrogen-bond acceptors (Lipinski definition) is 1. The molecule has 0 amide bonds. The summed E-state index contributed by atoms with van der Waals surface area (Å²) >= 11 is 0. The average molecular weight is 247 g/mol. The fourth-order valence-corrected chi connectivity index (χ4v) is 3.71. The summed E-state index contributed by atoms with van der Waals surface area (Å²) in [7, 11) is 0. The maximum atomic E-state index is 13.3. The van der Waals surface area contributed by atoms with Gasteiger partial charge >= 0.3 is 0 Å². The van der Waals surface area contributed by atoms with Gasteiger partial charge in [-0.05, 0) is 55.7 Å².